The minimum Gasteiger partial charge on any atom is -0.478 e. The highest BCUT2D eigenvalue weighted by atomic mass is 16.6. The second-order valence-electron chi connectivity index (χ2n) is 5.89. The largest absolute Gasteiger partial charge is 0.478 e. The van der Waals surface area contributed by atoms with E-state index < -0.39 is 17.1 Å². The number of nitrogens with two attached hydrogens (primary N) is 1. The molecule has 1 aromatic carbocycles. The lowest BCUT2D eigenvalue weighted by Gasteiger charge is -2.25. The molecule has 0 amide bonds. The Bertz CT molecular complexity index is 441. The summed E-state index contributed by atoms with van der Waals surface area (Å²) >= 11 is 0. The fourth-order valence-corrected chi connectivity index (χ4v) is 0.990. The summed E-state index contributed by atoms with van der Waals surface area (Å²) in [5.41, 5.74) is 4.50. The molecule has 0 heterocycles. The normalized spacial score (nSPS) is 11.1. The summed E-state index contributed by atoms with van der Waals surface area (Å²) in [4.78, 5) is 21.3. The molecule has 1 rings (SSSR count). The topological polar surface area (TPSA) is 89.6 Å². The molecule has 20 heavy (non-hydrogen) atoms. The van der Waals surface area contributed by atoms with E-state index in [9.17, 15) is 9.59 Å². The van der Waals surface area contributed by atoms with Gasteiger partial charge in [-0.25, -0.2) is 4.79 Å². The SMILES string of the molecule is CC(C)(C)OC(=O)C(C)(C)N.O=C(O)c1ccccc1. The molecule has 3 N–H and O–H groups in total. The van der Waals surface area contributed by atoms with E-state index in [2.05, 4.69) is 0 Å². The van der Waals surface area contributed by atoms with Gasteiger partial charge in [-0.05, 0) is 46.8 Å². The number of hydrogen-bond acceptors (Lipinski definition) is 4. The van der Waals surface area contributed by atoms with Crippen LogP contribution >= 0.6 is 0 Å². The number of ether oxygens (including phenoxy) is 1. The number of rotatable bonds is 2. The molecular formula is C15H23NO4. The predicted octanol–water partition coefficient (Wildman–Crippen LogP) is 2.45. The van der Waals surface area contributed by atoms with Gasteiger partial charge in [0.25, 0.3) is 0 Å². The predicted molar refractivity (Wildman–Crippen MR) is 77.5 cm³/mol. The van der Waals surface area contributed by atoms with Gasteiger partial charge in [-0.2, -0.15) is 0 Å². The second kappa shape index (κ2) is 7.05. The molecule has 0 saturated heterocycles. The molecule has 1 aromatic rings. The first-order valence-corrected chi connectivity index (χ1v) is 6.24. The number of carbonyl (C=O) groups excluding carboxylic acids is 1. The number of benzene rings is 1. The van der Waals surface area contributed by atoms with Crippen molar-refractivity contribution in [3.05, 3.63) is 35.9 Å². The number of aromatic carboxylic acids is 1. The summed E-state index contributed by atoms with van der Waals surface area (Å²) in [6, 6.07) is 8.30. The van der Waals surface area contributed by atoms with Crippen LogP contribution in [0.2, 0.25) is 0 Å². The standard InChI is InChI=1S/C8H17NO2.C7H6O2/c1-7(2,3)11-6(10)8(4,5)9;8-7(9)6-4-2-1-3-5-6/h9H2,1-5H3;1-5H,(H,8,9). The molecule has 5 nitrogen and oxygen atoms in total. The molecule has 0 radical (unpaired) electrons. The van der Waals surface area contributed by atoms with E-state index in [1.165, 1.54) is 0 Å². The van der Waals surface area contributed by atoms with Crippen LogP contribution in [0.4, 0.5) is 0 Å². The van der Waals surface area contributed by atoms with E-state index in [4.69, 9.17) is 15.6 Å². The van der Waals surface area contributed by atoms with Gasteiger partial charge >= 0.3 is 11.9 Å². The zero-order valence-electron chi connectivity index (χ0n) is 12.6. The fourth-order valence-electron chi connectivity index (χ4n) is 0.990. The number of carbonyl (C=O) groups is 2. The first-order chi connectivity index (χ1) is 8.93. The van der Waals surface area contributed by atoms with E-state index in [1.807, 2.05) is 20.8 Å². The highest BCUT2D eigenvalue weighted by Gasteiger charge is 2.27. The molecule has 0 aliphatic rings. The lowest BCUT2D eigenvalue weighted by atomic mass is 10.1. The van der Waals surface area contributed by atoms with Gasteiger partial charge < -0.3 is 15.6 Å². The van der Waals surface area contributed by atoms with Gasteiger partial charge in [0.1, 0.15) is 11.1 Å². The zero-order chi connectivity index (χ0) is 16.0. The van der Waals surface area contributed by atoms with Crippen LogP contribution in [-0.2, 0) is 9.53 Å². The van der Waals surface area contributed by atoms with Gasteiger partial charge in [0.15, 0.2) is 0 Å². The molecule has 0 atom stereocenters. The molecule has 0 saturated carbocycles. The van der Waals surface area contributed by atoms with Gasteiger partial charge in [0, 0.05) is 0 Å². The third-order valence-electron chi connectivity index (χ3n) is 1.95. The number of carboxylic acid groups (broad SMARTS) is 1. The van der Waals surface area contributed by atoms with Gasteiger partial charge in [0.05, 0.1) is 5.56 Å². The van der Waals surface area contributed by atoms with Crippen molar-refractivity contribution in [2.45, 2.75) is 45.8 Å². The first-order valence-electron chi connectivity index (χ1n) is 6.24. The highest BCUT2D eigenvalue weighted by Crippen LogP contribution is 2.11. The third-order valence-corrected chi connectivity index (χ3v) is 1.95. The fraction of sp³-hybridized carbons (Fsp3) is 0.467. The molecule has 0 fully saturated rings. The molecule has 5 heteroatoms. The molecule has 112 valence electrons. The van der Waals surface area contributed by atoms with Crippen LogP contribution < -0.4 is 5.73 Å². The molecule has 0 unspecified atom stereocenters. The summed E-state index contributed by atoms with van der Waals surface area (Å²) in [6.07, 6.45) is 0. The molecule has 0 aromatic heterocycles. The van der Waals surface area contributed by atoms with Gasteiger partial charge in [-0.15, -0.1) is 0 Å². The van der Waals surface area contributed by atoms with E-state index in [-0.39, 0.29) is 5.97 Å². The minimum absolute atomic E-state index is 0.331. The van der Waals surface area contributed by atoms with Crippen LogP contribution in [0.1, 0.15) is 45.0 Å². The van der Waals surface area contributed by atoms with Crippen molar-refractivity contribution in [2.24, 2.45) is 5.73 Å². The van der Waals surface area contributed by atoms with E-state index in [1.54, 1.807) is 44.2 Å². The van der Waals surface area contributed by atoms with Crippen LogP contribution in [0.25, 0.3) is 0 Å². The van der Waals surface area contributed by atoms with Crippen molar-refractivity contribution in [2.75, 3.05) is 0 Å². The van der Waals surface area contributed by atoms with Crippen molar-refractivity contribution >= 4 is 11.9 Å². The maximum atomic E-state index is 11.1. The Labute approximate surface area is 119 Å². The van der Waals surface area contributed by atoms with Crippen LogP contribution in [0.3, 0.4) is 0 Å². The first kappa shape index (κ1) is 18.1. The van der Waals surface area contributed by atoms with E-state index in [0.717, 1.165) is 0 Å². The van der Waals surface area contributed by atoms with Crippen LogP contribution in [0.5, 0.6) is 0 Å². The Morgan fingerprint density at radius 1 is 1.05 bits per heavy atom. The van der Waals surface area contributed by atoms with E-state index >= 15 is 0 Å². The zero-order valence-corrected chi connectivity index (χ0v) is 12.6. The molecule has 0 aliphatic heterocycles. The molecule has 0 aliphatic carbocycles. The Morgan fingerprint density at radius 2 is 1.50 bits per heavy atom. The van der Waals surface area contributed by atoms with Crippen molar-refractivity contribution in [3.8, 4) is 0 Å². The Balaban J connectivity index is 0.000000367. The van der Waals surface area contributed by atoms with Crippen molar-refractivity contribution in [1.82, 2.24) is 0 Å². The molecule has 0 spiro atoms. The Kier molecular flexibility index (Phi) is 6.39. The van der Waals surface area contributed by atoms with Gasteiger partial charge in [-0.1, -0.05) is 18.2 Å². The number of esters is 1. The lowest BCUT2D eigenvalue weighted by Crippen LogP contribution is -2.45. The smallest absolute Gasteiger partial charge is 0.335 e. The number of hydrogen-bond donors (Lipinski definition) is 2. The average Bonchev–Trinajstić information content (AvgIpc) is 2.27. The van der Waals surface area contributed by atoms with Crippen LogP contribution in [-0.4, -0.2) is 28.2 Å². The van der Waals surface area contributed by atoms with Crippen molar-refractivity contribution < 1.29 is 19.4 Å². The minimum atomic E-state index is -0.896. The van der Waals surface area contributed by atoms with Crippen LogP contribution in [0, 0.1) is 0 Å². The third kappa shape index (κ3) is 8.26. The Hall–Kier alpha value is -1.88. The summed E-state index contributed by atoms with van der Waals surface area (Å²) in [7, 11) is 0. The monoisotopic (exact) mass is 281 g/mol. The lowest BCUT2D eigenvalue weighted by molar-refractivity contribution is -0.160. The van der Waals surface area contributed by atoms with Crippen molar-refractivity contribution in [1.29, 1.82) is 0 Å². The maximum Gasteiger partial charge on any atom is 0.335 e. The summed E-state index contributed by atoms with van der Waals surface area (Å²) in [6.45, 7) is 8.70. The highest BCUT2D eigenvalue weighted by molar-refractivity contribution is 5.87. The Morgan fingerprint density at radius 3 is 1.70 bits per heavy atom. The summed E-state index contributed by atoms with van der Waals surface area (Å²) in [5, 5.41) is 8.38. The summed E-state index contributed by atoms with van der Waals surface area (Å²) < 4.78 is 5.04. The maximum absolute atomic E-state index is 11.1. The second-order valence-corrected chi connectivity index (χ2v) is 5.89. The van der Waals surface area contributed by atoms with Crippen molar-refractivity contribution in [3.63, 3.8) is 0 Å². The van der Waals surface area contributed by atoms with Gasteiger partial charge in [0.2, 0.25) is 0 Å². The molecule has 0 bridgehead atoms. The quantitative estimate of drug-likeness (QED) is 0.813. The summed E-state index contributed by atoms with van der Waals surface area (Å²) in [5.74, 6) is -1.25. The average molecular weight is 281 g/mol. The van der Waals surface area contributed by atoms with E-state index in [0.29, 0.717) is 5.56 Å². The molecular weight excluding hydrogens is 258 g/mol. The van der Waals surface area contributed by atoms with Crippen LogP contribution in [0.15, 0.2) is 30.3 Å². The number of carboxylic acids is 1. The van der Waals surface area contributed by atoms with Gasteiger partial charge in [-0.3, -0.25) is 4.79 Å².